The van der Waals surface area contributed by atoms with Crippen molar-refractivity contribution in [1.29, 1.82) is 0 Å². The molecule has 0 bridgehead atoms. The number of hydrogen-bond donors (Lipinski definition) is 3. The van der Waals surface area contributed by atoms with E-state index in [1.54, 1.807) is 7.05 Å². The van der Waals surface area contributed by atoms with E-state index >= 15 is 0 Å². The van der Waals surface area contributed by atoms with Gasteiger partial charge in [0.25, 0.3) is 5.91 Å². The van der Waals surface area contributed by atoms with Gasteiger partial charge in [-0.15, -0.1) is 0 Å². The second kappa shape index (κ2) is 3.45. The zero-order valence-corrected chi connectivity index (χ0v) is 8.06. The van der Waals surface area contributed by atoms with E-state index in [-0.39, 0.29) is 5.91 Å². The monoisotopic (exact) mass is 206 g/mol. The minimum atomic E-state index is -0.279. The van der Waals surface area contributed by atoms with Gasteiger partial charge in [-0.05, 0) is 0 Å². The largest absolute Gasteiger partial charge is 0.394 e. The second-order valence-corrected chi connectivity index (χ2v) is 3.01. The quantitative estimate of drug-likeness (QED) is 0.642. The Morgan fingerprint density at radius 1 is 1.60 bits per heavy atom. The van der Waals surface area contributed by atoms with Crippen LogP contribution >= 0.6 is 0 Å². The molecule has 7 nitrogen and oxygen atoms in total. The molecule has 15 heavy (non-hydrogen) atoms. The second-order valence-electron chi connectivity index (χ2n) is 3.01. The van der Waals surface area contributed by atoms with E-state index in [0.717, 1.165) is 0 Å². The van der Waals surface area contributed by atoms with Crippen molar-refractivity contribution in [3.8, 4) is 0 Å². The Labute approximate surface area is 85.3 Å². The number of H-pyrrole nitrogens is 1. The molecule has 0 radical (unpaired) electrons. The van der Waals surface area contributed by atoms with Gasteiger partial charge in [-0.2, -0.15) is 10.2 Å². The molecule has 0 aromatic carbocycles. The van der Waals surface area contributed by atoms with Gasteiger partial charge in [0.15, 0.2) is 5.82 Å². The van der Waals surface area contributed by atoms with Gasteiger partial charge in [-0.1, -0.05) is 0 Å². The highest BCUT2D eigenvalue weighted by atomic mass is 16.1. The minimum absolute atomic E-state index is 0.279. The Kier molecular flexibility index (Phi) is 2.13. The molecule has 0 saturated carbocycles. The minimum Gasteiger partial charge on any atom is -0.394 e. The van der Waals surface area contributed by atoms with Crippen LogP contribution in [-0.4, -0.2) is 25.9 Å². The van der Waals surface area contributed by atoms with Crippen LogP contribution in [0.25, 0.3) is 0 Å². The van der Waals surface area contributed by atoms with E-state index in [1.807, 2.05) is 0 Å². The summed E-state index contributed by atoms with van der Waals surface area (Å²) < 4.78 is 1.49. The molecule has 0 fully saturated rings. The van der Waals surface area contributed by atoms with Gasteiger partial charge in [0.05, 0.1) is 23.6 Å². The molecule has 1 amide bonds. The number of rotatable bonds is 2. The van der Waals surface area contributed by atoms with Crippen molar-refractivity contribution in [2.75, 3.05) is 11.1 Å². The molecule has 0 aliphatic rings. The molecule has 0 aliphatic carbocycles. The summed E-state index contributed by atoms with van der Waals surface area (Å²) in [5.74, 6) is 0.195. The lowest BCUT2D eigenvalue weighted by atomic mass is 10.3. The van der Waals surface area contributed by atoms with Crippen LogP contribution in [0.15, 0.2) is 18.6 Å². The molecule has 0 saturated heterocycles. The number of nitrogens with zero attached hydrogens (tertiary/aromatic N) is 3. The zero-order chi connectivity index (χ0) is 10.8. The molecule has 2 heterocycles. The highest BCUT2D eigenvalue weighted by Crippen LogP contribution is 2.16. The van der Waals surface area contributed by atoms with Gasteiger partial charge >= 0.3 is 0 Å². The summed E-state index contributed by atoms with van der Waals surface area (Å²) in [5.41, 5.74) is 6.49. The van der Waals surface area contributed by atoms with E-state index in [4.69, 9.17) is 5.73 Å². The smallest absolute Gasteiger partial charge is 0.260 e. The number of aromatic amines is 1. The number of aryl methyl sites for hydroxylation is 1. The number of nitrogen functional groups attached to an aromatic ring is 1. The number of hydrogen-bond acceptors (Lipinski definition) is 4. The van der Waals surface area contributed by atoms with Crippen LogP contribution in [0.3, 0.4) is 0 Å². The third kappa shape index (κ3) is 1.66. The average molecular weight is 206 g/mol. The van der Waals surface area contributed by atoms with Crippen LogP contribution in [0.4, 0.5) is 11.5 Å². The molecule has 0 unspecified atom stereocenters. The van der Waals surface area contributed by atoms with Crippen LogP contribution in [-0.2, 0) is 7.05 Å². The summed E-state index contributed by atoms with van der Waals surface area (Å²) in [6.07, 6.45) is 4.41. The zero-order valence-electron chi connectivity index (χ0n) is 8.06. The lowest BCUT2D eigenvalue weighted by Gasteiger charge is -2.04. The van der Waals surface area contributed by atoms with Crippen molar-refractivity contribution in [2.45, 2.75) is 0 Å². The molecule has 2 aromatic heterocycles. The predicted octanol–water partition coefficient (Wildman–Crippen LogP) is -0.0223. The van der Waals surface area contributed by atoms with E-state index in [2.05, 4.69) is 20.6 Å². The Morgan fingerprint density at radius 3 is 2.93 bits per heavy atom. The highest BCUT2D eigenvalue weighted by molar-refractivity contribution is 6.04. The van der Waals surface area contributed by atoms with Gasteiger partial charge in [-0.25, -0.2) is 0 Å². The fourth-order valence-corrected chi connectivity index (χ4v) is 1.16. The topological polar surface area (TPSA) is 102 Å². The number of amides is 1. The van der Waals surface area contributed by atoms with Crippen LogP contribution in [0.1, 0.15) is 10.4 Å². The fraction of sp³-hybridized carbons (Fsp3) is 0.125. The highest BCUT2D eigenvalue weighted by Gasteiger charge is 2.11. The average Bonchev–Trinajstić information content (AvgIpc) is 2.82. The molecule has 78 valence electrons. The van der Waals surface area contributed by atoms with Crippen LogP contribution < -0.4 is 11.1 Å². The van der Waals surface area contributed by atoms with Crippen molar-refractivity contribution in [3.05, 3.63) is 24.2 Å². The maximum absolute atomic E-state index is 11.6. The van der Waals surface area contributed by atoms with Gasteiger partial charge in [0, 0.05) is 13.2 Å². The van der Waals surface area contributed by atoms with Gasteiger partial charge < -0.3 is 11.1 Å². The summed E-state index contributed by atoms with van der Waals surface area (Å²) >= 11 is 0. The van der Waals surface area contributed by atoms with Crippen molar-refractivity contribution in [3.63, 3.8) is 0 Å². The molecule has 0 aliphatic heterocycles. The Hall–Kier alpha value is -2.31. The summed E-state index contributed by atoms with van der Waals surface area (Å²) in [6, 6.07) is 0. The third-order valence-electron chi connectivity index (χ3n) is 1.96. The lowest BCUT2D eigenvalue weighted by Crippen LogP contribution is -2.14. The van der Waals surface area contributed by atoms with Crippen molar-refractivity contribution >= 4 is 17.4 Å². The van der Waals surface area contributed by atoms with E-state index < -0.39 is 0 Å². The molecule has 0 atom stereocenters. The van der Waals surface area contributed by atoms with Gasteiger partial charge in [-0.3, -0.25) is 14.6 Å². The molecular weight excluding hydrogens is 196 g/mol. The van der Waals surface area contributed by atoms with Crippen molar-refractivity contribution in [2.24, 2.45) is 7.05 Å². The van der Waals surface area contributed by atoms with Crippen molar-refractivity contribution in [1.82, 2.24) is 20.0 Å². The first-order valence-electron chi connectivity index (χ1n) is 4.26. The van der Waals surface area contributed by atoms with Gasteiger partial charge in [0.1, 0.15) is 0 Å². The predicted molar refractivity (Wildman–Crippen MR) is 54.2 cm³/mol. The SMILES string of the molecule is Cn1ncc(N)c1NC(=O)c1cn[nH]c1. The summed E-state index contributed by atoms with van der Waals surface area (Å²) in [4.78, 5) is 11.6. The number of nitrogens with one attached hydrogen (secondary N) is 2. The first-order chi connectivity index (χ1) is 7.18. The molecular formula is C8H10N6O. The Balaban J connectivity index is 2.20. The Bertz CT molecular complexity index is 452. The molecule has 2 rings (SSSR count). The number of carbonyl (C=O) groups is 1. The first-order valence-corrected chi connectivity index (χ1v) is 4.26. The van der Waals surface area contributed by atoms with E-state index in [9.17, 15) is 4.79 Å². The Morgan fingerprint density at radius 2 is 2.40 bits per heavy atom. The summed E-state index contributed by atoms with van der Waals surface area (Å²) in [5, 5.41) is 12.8. The summed E-state index contributed by atoms with van der Waals surface area (Å²) in [6.45, 7) is 0. The third-order valence-corrected chi connectivity index (χ3v) is 1.96. The molecule has 2 aromatic rings. The van der Waals surface area contributed by atoms with Crippen LogP contribution in [0, 0.1) is 0 Å². The molecule has 0 spiro atoms. The van der Waals surface area contributed by atoms with E-state index in [1.165, 1.54) is 23.3 Å². The molecule has 4 N–H and O–H groups in total. The maximum Gasteiger partial charge on any atom is 0.260 e. The summed E-state index contributed by atoms with van der Waals surface area (Å²) in [7, 11) is 1.70. The lowest BCUT2D eigenvalue weighted by molar-refractivity contribution is 0.102. The number of carbonyl (C=O) groups excluding carboxylic acids is 1. The fourth-order valence-electron chi connectivity index (χ4n) is 1.16. The van der Waals surface area contributed by atoms with Crippen LogP contribution in [0.2, 0.25) is 0 Å². The first kappa shape index (κ1) is 9.25. The number of aromatic nitrogens is 4. The van der Waals surface area contributed by atoms with Crippen molar-refractivity contribution < 1.29 is 4.79 Å². The molecule has 7 heteroatoms. The normalized spacial score (nSPS) is 10.2. The van der Waals surface area contributed by atoms with Crippen LogP contribution in [0.5, 0.6) is 0 Å². The standard InChI is InChI=1S/C8H10N6O/c1-14-7(6(9)4-12-14)13-8(15)5-2-10-11-3-5/h2-4H,9H2,1H3,(H,10,11)(H,13,15). The van der Waals surface area contributed by atoms with E-state index in [0.29, 0.717) is 17.1 Å². The van der Waals surface area contributed by atoms with Gasteiger partial charge in [0.2, 0.25) is 0 Å². The number of anilines is 2. The number of nitrogens with two attached hydrogens (primary N) is 1. The maximum atomic E-state index is 11.6.